The van der Waals surface area contributed by atoms with E-state index in [1.807, 2.05) is 48.5 Å². The molecule has 30 heavy (non-hydrogen) atoms. The van der Waals surface area contributed by atoms with E-state index in [1.165, 1.54) is 0 Å². The average molecular weight is 565 g/mol. The average Bonchev–Trinajstić information content (AvgIpc) is 3.21. The number of guanidine groups is 1. The normalized spacial score (nSPS) is 15.5. The fourth-order valence-electron chi connectivity index (χ4n) is 3.14. The van der Waals surface area contributed by atoms with Crippen LogP contribution >= 0.6 is 35.7 Å². The molecule has 1 aliphatic heterocycles. The van der Waals surface area contributed by atoms with Crippen LogP contribution in [-0.4, -0.2) is 84.5 Å². The maximum Gasteiger partial charge on any atom is 0.215 e. The molecule has 0 spiro atoms. The van der Waals surface area contributed by atoms with Gasteiger partial charge in [0.05, 0.1) is 24.2 Å². The van der Waals surface area contributed by atoms with Gasteiger partial charge in [-0.1, -0.05) is 30.3 Å². The Balaban J connectivity index is 0.00000320. The van der Waals surface area contributed by atoms with E-state index in [9.17, 15) is 8.42 Å². The minimum atomic E-state index is -3.23. The summed E-state index contributed by atoms with van der Waals surface area (Å²) in [5.41, 5.74) is 2.04. The van der Waals surface area contributed by atoms with Crippen LogP contribution in [0, 0.1) is 0 Å². The van der Waals surface area contributed by atoms with Crippen molar-refractivity contribution >= 4 is 51.7 Å². The van der Waals surface area contributed by atoms with E-state index in [4.69, 9.17) is 0 Å². The molecule has 166 valence electrons. The van der Waals surface area contributed by atoms with E-state index >= 15 is 0 Å². The van der Waals surface area contributed by atoms with E-state index in [0.717, 1.165) is 28.6 Å². The third kappa shape index (κ3) is 6.86. The molecule has 0 radical (unpaired) electrons. The second-order valence-corrected chi connectivity index (χ2v) is 10.1. The maximum absolute atomic E-state index is 12.5. The number of thioether (sulfide) groups is 1. The number of nitrogens with one attached hydrogen (secondary N) is 2. The Hall–Kier alpha value is -1.31. The van der Waals surface area contributed by atoms with Gasteiger partial charge >= 0.3 is 0 Å². The predicted molar refractivity (Wildman–Crippen MR) is 135 cm³/mol. The van der Waals surface area contributed by atoms with Gasteiger partial charge in [0.2, 0.25) is 10.0 Å². The molecule has 2 heterocycles. The summed E-state index contributed by atoms with van der Waals surface area (Å²) in [4.78, 5) is 13.9. The fourth-order valence-corrected chi connectivity index (χ4v) is 5.63. The van der Waals surface area contributed by atoms with Crippen LogP contribution in [0.1, 0.15) is 5.82 Å². The summed E-state index contributed by atoms with van der Waals surface area (Å²) in [5, 5.41) is 3.15. The minimum absolute atomic E-state index is 0. The van der Waals surface area contributed by atoms with Gasteiger partial charge in [0.25, 0.3) is 0 Å². The monoisotopic (exact) mass is 564 g/mol. The summed E-state index contributed by atoms with van der Waals surface area (Å²) in [6.07, 6.45) is 1.82. The van der Waals surface area contributed by atoms with Crippen LogP contribution in [0.2, 0.25) is 0 Å². The van der Waals surface area contributed by atoms with Crippen LogP contribution in [0.5, 0.6) is 0 Å². The fraction of sp³-hybridized carbons (Fsp3) is 0.474. The second-order valence-electron chi connectivity index (χ2n) is 6.77. The van der Waals surface area contributed by atoms with Gasteiger partial charge < -0.3 is 15.2 Å². The van der Waals surface area contributed by atoms with Crippen molar-refractivity contribution in [2.45, 2.75) is 6.54 Å². The molecule has 1 aromatic carbocycles. The molecule has 2 aromatic rings. The SMILES string of the molecule is CN=C(NCCS(=O)(=O)N1CCSCC1)N(C)Cc1ncc(-c2ccccc2)[nH]1.I. The van der Waals surface area contributed by atoms with Gasteiger partial charge in [0.15, 0.2) is 5.96 Å². The van der Waals surface area contributed by atoms with Crippen molar-refractivity contribution in [3.05, 3.63) is 42.4 Å². The van der Waals surface area contributed by atoms with Crippen molar-refractivity contribution < 1.29 is 8.42 Å². The summed E-state index contributed by atoms with van der Waals surface area (Å²) >= 11 is 1.80. The number of hydrogen-bond acceptors (Lipinski definition) is 5. The Morgan fingerprint density at radius 1 is 1.30 bits per heavy atom. The third-order valence-electron chi connectivity index (χ3n) is 4.68. The Morgan fingerprint density at radius 3 is 2.67 bits per heavy atom. The number of sulfonamides is 1. The van der Waals surface area contributed by atoms with Crippen molar-refractivity contribution in [1.82, 2.24) is 24.5 Å². The predicted octanol–water partition coefficient (Wildman–Crippen LogP) is 2.08. The first kappa shape index (κ1) is 25.0. The number of aliphatic imine (C=N–C) groups is 1. The summed E-state index contributed by atoms with van der Waals surface area (Å²) in [7, 11) is 0.353. The first-order valence-corrected chi connectivity index (χ1v) is 12.3. The molecule has 1 saturated heterocycles. The molecule has 0 atom stereocenters. The Labute approximate surface area is 200 Å². The van der Waals surface area contributed by atoms with Gasteiger partial charge in [-0.05, 0) is 5.56 Å². The van der Waals surface area contributed by atoms with E-state index in [0.29, 0.717) is 32.1 Å². The Bertz CT molecular complexity index is 914. The lowest BCUT2D eigenvalue weighted by atomic mass is 10.2. The molecule has 3 rings (SSSR count). The zero-order valence-corrected chi connectivity index (χ0v) is 21.2. The van der Waals surface area contributed by atoms with Gasteiger partial charge in [-0.2, -0.15) is 11.8 Å². The van der Waals surface area contributed by atoms with Crippen molar-refractivity contribution in [3.63, 3.8) is 0 Å². The van der Waals surface area contributed by atoms with Crippen molar-refractivity contribution in [1.29, 1.82) is 0 Å². The number of imidazole rings is 1. The number of aromatic nitrogens is 2. The summed E-state index contributed by atoms with van der Waals surface area (Å²) in [5.74, 6) is 3.24. The van der Waals surface area contributed by atoms with E-state index in [-0.39, 0.29) is 29.7 Å². The minimum Gasteiger partial charge on any atom is -0.355 e. The molecule has 0 amide bonds. The van der Waals surface area contributed by atoms with E-state index in [2.05, 4.69) is 20.3 Å². The highest BCUT2D eigenvalue weighted by atomic mass is 127. The molecule has 11 heteroatoms. The highest BCUT2D eigenvalue weighted by Crippen LogP contribution is 2.16. The molecule has 0 unspecified atom stereocenters. The van der Waals surface area contributed by atoms with Crippen molar-refractivity contribution in [2.24, 2.45) is 4.99 Å². The molecule has 0 saturated carbocycles. The van der Waals surface area contributed by atoms with Crippen molar-refractivity contribution in [2.75, 3.05) is 51.0 Å². The highest BCUT2D eigenvalue weighted by Gasteiger charge is 2.23. The van der Waals surface area contributed by atoms with Crippen molar-refractivity contribution in [3.8, 4) is 11.3 Å². The van der Waals surface area contributed by atoms with Gasteiger partial charge in [0.1, 0.15) is 5.82 Å². The summed E-state index contributed by atoms with van der Waals surface area (Å²) in [6, 6.07) is 10.0. The van der Waals surface area contributed by atoms with Crippen LogP contribution in [0.3, 0.4) is 0 Å². The van der Waals surface area contributed by atoms with Crippen LogP contribution in [0.25, 0.3) is 11.3 Å². The molecular weight excluding hydrogens is 535 g/mol. The third-order valence-corrected chi connectivity index (χ3v) is 7.49. The highest BCUT2D eigenvalue weighted by molar-refractivity contribution is 14.0. The smallest absolute Gasteiger partial charge is 0.215 e. The molecule has 2 N–H and O–H groups in total. The van der Waals surface area contributed by atoms with E-state index in [1.54, 1.807) is 23.1 Å². The lowest BCUT2D eigenvalue weighted by Gasteiger charge is -2.26. The van der Waals surface area contributed by atoms with Gasteiger partial charge in [-0.25, -0.2) is 17.7 Å². The zero-order chi connectivity index (χ0) is 20.7. The van der Waals surface area contributed by atoms with Gasteiger partial charge in [-0.3, -0.25) is 4.99 Å². The molecule has 1 aromatic heterocycles. The Kier molecular flexibility index (Phi) is 9.91. The molecule has 8 nitrogen and oxygen atoms in total. The molecule has 0 bridgehead atoms. The quantitative estimate of drug-likeness (QED) is 0.304. The lowest BCUT2D eigenvalue weighted by Crippen LogP contribution is -2.44. The molecule has 0 aliphatic carbocycles. The topological polar surface area (TPSA) is 93.7 Å². The number of aromatic amines is 1. The first-order chi connectivity index (χ1) is 14.0. The lowest BCUT2D eigenvalue weighted by molar-refractivity contribution is 0.441. The zero-order valence-electron chi connectivity index (χ0n) is 17.2. The number of H-pyrrole nitrogens is 1. The summed E-state index contributed by atoms with van der Waals surface area (Å²) in [6.45, 7) is 2.05. The van der Waals surface area contributed by atoms with Gasteiger partial charge in [-0.15, -0.1) is 24.0 Å². The second kappa shape index (κ2) is 11.9. The van der Waals surface area contributed by atoms with Crippen LogP contribution in [0.4, 0.5) is 0 Å². The molecule has 1 aliphatic rings. The van der Waals surface area contributed by atoms with E-state index < -0.39 is 10.0 Å². The number of rotatable bonds is 7. The Morgan fingerprint density at radius 2 is 2.00 bits per heavy atom. The summed E-state index contributed by atoms with van der Waals surface area (Å²) < 4.78 is 26.5. The van der Waals surface area contributed by atoms with Crippen LogP contribution < -0.4 is 5.32 Å². The standard InChI is InChI=1S/C19H28N6O2S2.HI/c1-20-19(21-8-13-29(26,27)25-9-11-28-12-10-25)24(2)15-18-22-14-17(23-18)16-6-4-3-5-7-16;/h3-7,14H,8-13,15H2,1-2H3,(H,20,21)(H,22,23);1H. The number of benzene rings is 1. The number of nitrogens with zero attached hydrogens (tertiary/aromatic N) is 4. The first-order valence-electron chi connectivity index (χ1n) is 9.56. The maximum atomic E-state index is 12.5. The molecular formula is C19H29IN6O2S2. The van der Waals surface area contributed by atoms with Crippen LogP contribution in [0.15, 0.2) is 41.5 Å². The number of hydrogen-bond donors (Lipinski definition) is 2. The molecule has 1 fully saturated rings. The van der Waals surface area contributed by atoms with Crippen LogP contribution in [-0.2, 0) is 16.6 Å². The number of halogens is 1. The largest absolute Gasteiger partial charge is 0.355 e. The van der Waals surface area contributed by atoms with Gasteiger partial charge in [0, 0.05) is 45.2 Å².